The molecular formula is C25H35Cl2Zr. The number of fused-ring (bicyclic) bond motifs is 5. The van der Waals surface area contributed by atoms with E-state index in [4.69, 9.17) is 0 Å². The third-order valence-electron chi connectivity index (χ3n) is 10.6. The Hall–Kier alpha value is 0.423. The Balaban J connectivity index is 0.00000131. The van der Waals surface area contributed by atoms with E-state index in [-0.39, 0.29) is 78.1 Å². The number of hydrogen-bond donors (Lipinski definition) is 0. The fraction of sp³-hybridized carbons (Fsp3) is 0.640. The molecule has 0 nitrogen and oxygen atoms in total. The second-order valence-corrected chi connectivity index (χ2v) is 10.3. The minimum absolute atomic E-state index is 0. The molecule has 0 aliphatic heterocycles. The van der Waals surface area contributed by atoms with E-state index in [1.165, 1.54) is 0 Å². The van der Waals surface area contributed by atoms with E-state index >= 15 is 0 Å². The summed E-state index contributed by atoms with van der Waals surface area (Å²) >= 11 is 0. The molecule has 0 heterocycles. The van der Waals surface area contributed by atoms with Gasteiger partial charge in [-0.2, -0.15) is 0 Å². The summed E-state index contributed by atoms with van der Waals surface area (Å²) in [5, 5.41) is 0. The summed E-state index contributed by atoms with van der Waals surface area (Å²) in [4.78, 5) is 0. The van der Waals surface area contributed by atoms with E-state index in [9.17, 15) is 0 Å². The van der Waals surface area contributed by atoms with Crippen molar-refractivity contribution in [2.24, 2.45) is 44.8 Å². The minimum atomic E-state index is 0. The maximum atomic E-state index is 2.74. The smallest absolute Gasteiger partial charge is 1.00 e. The third-order valence-corrected chi connectivity index (χ3v) is 10.6. The fourth-order valence-corrected chi connectivity index (χ4v) is 7.89. The van der Waals surface area contributed by atoms with Crippen LogP contribution in [0.4, 0.5) is 0 Å². The Morgan fingerprint density at radius 3 is 2.04 bits per heavy atom. The van der Waals surface area contributed by atoms with E-state index in [1.54, 1.807) is 5.57 Å². The molecule has 0 N–H and O–H groups in total. The van der Waals surface area contributed by atoms with Gasteiger partial charge in [-0.15, -0.1) is 17.4 Å². The Morgan fingerprint density at radius 1 is 0.857 bits per heavy atom. The Kier molecular flexibility index (Phi) is 7.12. The third kappa shape index (κ3) is 2.40. The van der Waals surface area contributed by atoms with Crippen LogP contribution in [0, 0.1) is 51.2 Å². The molecule has 0 bridgehead atoms. The molecule has 4 aliphatic rings. The molecule has 28 heavy (non-hydrogen) atoms. The molecule has 4 aliphatic carbocycles. The first-order chi connectivity index (χ1) is 11.5. The van der Waals surface area contributed by atoms with E-state index in [2.05, 4.69) is 104 Å². The van der Waals surface area contributed by atoms with Gasteiger partial charge in [0.25, 0.3) is 0 Å². The van der Waals surface area contributed by atoms with Gasteiger partial charge < -0.3 is 31.2 Å². The second-order valence-electron chi connectivity index (χ2n) is 10.3. The number of hydrogen-bond acceptors (Lipinski definition) is 0. The molecule has 0 aromatic rings. The summed E-state index contributed by atoms with van der Waals surface area (Å²) in [6, 6.07) is 0. The Labute approximate surface area is 204 Å². The van der Waals surface area contributed by atoms with Crippen LogP contribution in [-0.4, -0.2) is 0 Å². The second kappa shape index (κ2) is 7.53. The fourth-order valence-electron chi connectivity index (χ4n) is 7.89. The summed E-state index contributed by atoms with van der Waals surface area (Å²) < 4.78 is 0. The van der Waals surface area contributed by atoms with Crippen LogP contribution in [0.15, 0.2) is 48.1 Å². The summed E-state index contributed by atoms with van der Waals surface area (Å²) in [5.41, 5.74) is 2.44. The predicted octanol–water partition coefficient (Wildman–Crippen LogP) is 0.785. The van der Waals surface area contributed by atoms with Crippen LogP contribution in [0.5, 0.6) is 0 Å². The van der Waals surface area contributed by atoms with E-state index in [1.807, 2.05) is 0 Å². The predicted molar refractivity (Wildman–Crippen MR) is 108 cm³/mol. The van der Waals surface area contributed by atoms with Gasteiger partial charge in [-0.25, -0.2) is 0 Å². The molecule has 0 aromatic carbocycles. The minimum Gasteiger partial charge on any atom is -1.00 e. The first-order valence-electron chi connectivity index (χ1n) is 10.1. The van der Waals surface area contributed by atoms with Crippen LogP contribution in [0.3, 0.4) is 0 Å². The van der Waals surface area contributed by atoms with Gasteiger partial charge in [-0.05, 0) is 40.4 Å². The van der Waals surface area contributed by atoms with E-state index < -0.39 is 0 Å². The molecule has 0 saturated heterocycles. The quantitative estimate of drug-likeness (QED) is 0.434. The summed E-state index contributed by atoms with van der Waals surface area (Å²) in [6.45, 7) is 20.2. The molecule has 0 amide bonds. The Morgan fingerprint density at radius 2 is 1.43 bits per heavy atom. The zero-order valence-electron chi connectivity index (χ0n) is 18.6. The van der Waals surface area contributed by atoms with E-state index in [0.29, 0.717) is 17.8 Å². The molecule has 8 atom stereocenters. The number of rotatable bonds is 0. The van der Waals surface area contributed by atoms with Crippen LogP contribution in [0.25, 0.3) is 0 Å². The first-order valence-corrected chi connectivity index (χ1v) is 10.1. The van der Waals surface area contributed by atoms with Crippen molar-refractivity contribution < 1.29 is 51.0 Å². The zero-order chi connectivity index (χ0) is 18.5. The average molecular weight is 498 g/mol. The number of halogens is 2. The van der Waals surface area contributed by atoms with Crippen LogP contribution in [0.2, 0.25) is 0 Å². The maximum absolute atomic E-state index is 2.74. The van der Waals surface area contributed by atoms with Gasteiger partial charge in [0.1, 0.15) is 0 Å². The first kappa shape index (κ1) is 26.5. The van der Waals surface area contributed by atoms with Crippen molar-refractivity contribution in [3.05, 3.63) is 54.5 Å². The number of allylic oxidation sites excluding steroid dienone is 8. The van der Waals surface area contributed by atoms with Gasteiger partial charge in [0.05, 0.1) is 0 Å². The monoisotopic (exact) mass is 495 g/mol. The average Bonchev–Trinajstić information content (AvgIpc) is 2.77. The van der Waals surface area contributed by atoms with Crippen molar-refractivity contribution in [2.45, 2.75) is 55.4 Å². The summed E-state index contributed by atoms with van der Waals surface area (Å²) in [7, 11) is 0. The van der Waals surface area contributed by atoms with Crippen molar-refractivity contribution >= 4 is 0 Å². The van der Waals surface area contributed by atoms with Crippen molar-refractivity contribution in [1.82, 2.24) is 0 Å². The maximum Gasteiger partial charge on any atom is 3.00 e. The van der Waals surface area contributed by atoms with Gasteiger partial charge >= 0.3 is 26.2 Å². The van der Waals surface area contributed by atoms with Crippen LogP contribution < -0.4 is 24.8 Å². The normalized spacial score (nSPS) is 52.9. The van der Waals surface area contributed by atoms with Crippen molar-refractivity contribution in [3.8, 4) is 0 Å². The van der Waals surface area contributed by atoms with Crippen LogP contribution in [0.1, 0.15) is 55.4 Å². The molecule has 0 aromatic heterocycles. The molecule has 1 radical (unpaired) electrons. The molecule has 4 rings (SSSR count). The molecule has 2 saturated carbocycles. The van der Waals surface area contributed by atoms with Gasteiger partial charge in [0.2, 0.25) is 0 Å². The summed E-state index contributed by atoms with van der Waals surface area (Å²) in [6.07, 6.45) is 19.5. The SMILES string of the molecule is CC1=CC=CC2[CH-]C3(C)C4(C)C=CC=CC4(C)C(C)C(C)C3(C)C12C.[Cl-].[Cl-].[Zr+3]. The van der Waals surface area contributed by atoms with Gasteiger partial charge in [0.15, 0.2) is 0 Å². The standard InChI is InChI=1S/C25H35.2ClH.Zr/c1-17-12-11-13-20-16-23(6)22(5)15-10-9-14-21(22,4)18(2)19(3)25(23,8)24(17,20)7;;;/h9-16,18-20H,1-8H3;2*1H;/q-1;;;+3/p-2. The molecule has 0 spiro atoms. The molecule has 153 valence electrons. The molecule has 8 unspecified atom stereocenters. The van der Waals surface area contributed by atoms with E-state index in [0.717, 1.165) is 0 Å². The van der Waals surface area contributed by atoms with Gasteiger partial charge in [-0.1, -0.05) is 90.5 Å². The van der Waals surface area contributed by atoms with Crippen LogP contribution >= 0.6 is 0 Å². The topological polar surface area (TPSA) is 0 Å². The van der Waals surface area contributed by atoms with Gasteiger partial charge in [-0.3, -0.25) is 0 Å². The summed E-state index contributed by atoms with van der Waals surface area (Å²) in [5.74, 6) is 1.81. The molecule has 3 heteroatoms. The van der Waals surface area contributed by atoms with Crippen molar-refractivity contribution in [1.29, 1.82) is 0 Å². The van der Waals surface area contributed by atoms with Crippen molar-refractivity contribution in [2.75, 3.05) is 0 Å². The van der Waals surface area contributed by atoms with Gasteiger partial charge in [0, 0.05) is 0 Å². The Bertz CT molecular complexity index is 752. The molecular weight excluding hydrogens is 462 g/mol. The molecule has 2 fully saturated rings. The zero-order valence-corrected chi connectivity index (χ0v) is 22.6. The van der Waals surface area contributed by atoms with Crippen LogP contribution in [-0.2, 0) is 26.2 Å². The largest absolute Gasteiger partial charge is 3.00 e. The van der Waals surface area contributed by atoms with Crippen molar-refractivity contribution in [3.63, 3.8) is 0 Å².